The minimum absolute atomic E-state index is 0.000472. The molecule has 2 aromatic carbocycles. The molecule has 1 aromatic heterocycles. The van der Waals surface area contributed by atoms with Crippen LogP contribution >= 0.6 is 0 Å². The molecule has 306 valence electrons. The lowest BCUT2D eigenvalue weighted by atomic mass is 10.1. The Morgan fingerprint density at radius 2 is 1.53 bits per heavy atom. The zero-order chi connectivity index (χ0) is 40.5. The first-order chi connectivity index (χ1) is 27.5. The van der Waals surface area contributed by atoms with Gasteiger partial charge in [0.2, 0.25) is 11.2 Å². The van der Waals surface area contributed by atoms with E-state index in [0.717, 1.165) is 31.9 Å². The maximum atomic E-state index is 14.3. The molecule has 0 unspecified atom stereocenters. The van der Waals surface area contributed by atoms with Crippen molar-refractivity contribution in [1.82, 2.24) is 14.8 Å². The second-order valence-corrected chi connectivity index (χ2v) is 15.2. The van der Waals surface area contributed by atoms with Gasteiger partial charge < -0.3 is 29.0 Å². The molecule has 6 rings (SSSR count). The van der Waals surface area contributed by atoms with Crippen molar-refractivity contribution in [3.8, 4) is 5.75 Å². The number of ether oxygens (including phenoxy) is 3. The number of aromatic nitrogens is 1. The molecule has 1 saturated carbocycles. The van der Waals surface area contributed by atoms with Gasteiger partial charge in [0.25, 0.3) is 11.8 Å². The van der Waals surface area contributed by atoms with Gasteiger partial charge in [-0.25, -0.2) is 18.0 Å². The lowest BCUT2D eigenvalue weighted by Gasteiger charge is -2.44. The minimum atomic E-state index is -1.23. The Morgan fingerprint density at radius 1 is 0.877 bits per heavy atom. The fraction of sp³-hybridized carbons (Fsp3) is 0.512. The number of carbonyl (C=O) groups is 4. The fourth-order valence-corrected chi connectivity index (χ4v) is 7.86. The normalized spacial score (nSPS) is 18.2. The second-order valence-electron chi connectivity index (χ2n) is 15.2. The molecule has 3 aromatic rings. The molecule has 2 aliphatic heterocycles. The van der Waals surface area contributed by atoms with Crippen LogP contribution in [0.3, 0.4) is 0 Å². The van der Waals surface area contributed by atoms with E-state index in [9.17, 15) is 37.1 Å². The molecule has 57 heavy (non-hydrogen) atoms. The molecule has 11 nitrogen and oxygen atoms in total. The van der Waals surface area contributed by atoms with E-state index in [0.29, 0.717) is 37.0 Å². The van der Waals surface area contributed by atoms with E-state index >= 15 is 0 Å². The topological polar surface area (TPSA) is 133 Å². The van der Waals surface area contributed by atoms with Gasteiger partial charge in [0.05, 0.1) is 18.2 Å². The number of hydrogen-bond acceptors (Lipinski definition) is 8. The monoisotopic (exact) mass is 793 g/mol. The van der Waals surface area contributed by atoms with Gasteiger partial charge in [-0.15, -0.1) is 0 Å². The van der Waals surface area contributed by atoms with Crippen molar-refractivity contribution < 1.29 is 46.6 Å². The molecular weight excluding hydrogens is 743 g/mol. The summed E-state index contributed by atoms with van der Waals surface area (Å²) in [7, 11) is 0. The van der Waals surface area contributed by atoms with E-state index in [2.05, 4.69) is 12.2 Å². The van der Waals surface area contributed by atoms with Gasteiger partial charge in [-0.3, -0.25) is 19.2 Å². The molecule has 1 saturated heterocycles. The molecule has 3 heterocycles. The van der Waals surface area contributed by atoms with E-state index in [1.165, 1.54) is 68.1 Å². The predicted octanol–water partition coefficient (Wildman–Crippen LogP) is 7.89. The van der Waals surface area contributed by atoms with Crippen molar-refractivity contribution in [3.05, 3.63) is 98.2 Å². The Labute approximate surface area is 329 Å². The first kappa shape index (κ1) is 41.6. The van der Waals surface area contributed by atoms with E-state index in [1.807, 2.05) is 0 Å². The SMILES string of the molecule is CCCCCCCCCCCCCC(=O)OCc1ccc(C(=O)Oc2c3n(cc(C(=O)NCc4c(F)cc(F)cc4F)c2=O)C[C@H]2O[C@@H]4CC[C@@H](C4)N2C3=O)cc1. The lowest BCUT2D eigenvalue weighted by molar-refractivity contribution is -0.145. The average Bonchev–Trinajstić information content (AvgIpc) is 3.56. The number of nitrogens with zero attached hydrogens (tertiary/aromatic N) is 2. The largest absolute Gasteiger partial charge is 0.461 e. The van der Waals surface area contributed by atoms with Crippen LogP contribution in [-0.4, -0.2) is 51.6 Å². The lowest BCUT2D eigenvalue weighted by Crippen LogP contribution is -2.57. The summed E-state index contributed by atoms with van der Waals surface area (Å²) in [5.41, 5.74) is -1.90. The minimum Gasteiger partial charge on any atom is -0.461 e. The molecule has 14 heteroatoms. The number of fused-ring (bicyclic) bond motifs is 5. The Morgan fingerprint density at radius 3 is 2.19 bits per heavy atom. The molecule has 2 bridgehead atoms. The van der Waals surface area contributed by atoms with Crippen LogP contribution in [0.15, 0.2) is 47.4 Å². The third kappa shape index (κ3) is 10.3. The quantitative estimate of drug-likeness (QED) is 0.0958. The summed E-state index contributed by atoms with van der Waals surface area (Å²) in [5, 5.41) is 2.27. The highest BCUT2D eigenvalue weighted by Gasteiger charge is 2.48. The van der Waals surface area contributed by atoms with Gasteiger partial charge in [-0.1, -0.05) is 83.3 Å². The standard InChI is InChI=1S/C43H50F3N3O8/c1-2-3-4-5-6-7-8-9-10-11-12-13-37(50)55-26-27-14-16-28(17-15-27)43(54)57-40-38-42(53)49-30-18-19-31(22-30)56-36(49)25-48(38)24-33(39(40)51)41(52)47-23-32-34(45)20-29(44)21-35(32)46/h14-17,20-21,24,30-31,36H,2-13,18-19,22-23,25-26H2,1H3,(H,47,52)/t30-,31+,36+/m0/s1. The number of benzene rings is 2. The summed E-state index contributed by atoms with van der Waals surface area (Å²) < 4.78 is 60.5. The van der Waals surface area contributed by atoms with Crippen molar-refractivity contribution in [2.24, 2.45) is 0 Å². The highest BCUT2D eigenvalue weighted by Crippen LogP contribution is 2.39. The Bertz CT molecular complexity index is 1980. The van der Waals surface area contributed by atoms with Crippen LogP contribution in [-0.2, 0) is 34.0 Å². The number of hydrogen-bond donors (Lipinski definition) is 1. The first-order valence-corrected chi connectivity index (χ1v) is 20.2. The molecule has 1 N–H and O–H groups in total. The fourth-order valence-electron chi connectivity index (χ4n) is 7.86. The maximum absolute atomic E-state index is 14.3. The van der Waals surface area contributed by atoms with E-state index < -0.39 is 70.3 Å². The third-order valence-corrected chi connectivity index (χ3v) is 11.0. The van der Waals surface area contributed by atoms with Crippen molar-refractivity contribution in [2.75, 3.05) is 0 Å². The number of carbonyl (C=O) groups excluding carboxylic acids is 4. The predicted molar refractivity (Wildman–Crippen MR) is 203 cm³/mol. The van der Waals surface area contributed by atoms with Gasteiger partial charge in [-0.2, -0.15) is 0 Å². The van der Waals surface area contributed by atoms with Gasteiger partial charge in [-0.05, 0) is 43.4 Å². The van der Waals surface area contributed by atoms with Crippen LogP contribution in [0, 0.1) is 17.5 Å². The van der Waals surface area contributed by atoms with E-state index in [-0.39, 0.29) is 42.5 Å². The molecule has 0 radical (unpaired) electrons. The molecule has 2 amide bonds. The molecule has 1 aliphatic carbocycles. The summed E-state index contributed by atoms with van der Waals surface area (Å²) in [6, 6.07) is 6.78. The Kier molecular flexibility index (Phi) is 14.2. The summed E-state index contributed by atoms with van der Waals surface area (Å²) in [5.74, 6) is -7.27. The summed E-state index contributed by atoms with van der Waals surface area (Å²) >= 11 is 0. The van der Waals surface area contributed by atoms with Crippen molar-refractivity contribution in [2.45, 2.75) is 141 Å². The van der Waals surface area contributed by atoms with Crippen LogP contribution in [0.2, 0.25) is 0 Å². The number of unbranched alkanes of at least 4 members (excludes halogenated alkanes) is 10. The zero-order valence-corrected chi connectivity index (χ0v) is 32.3. The molecule has 3 atom stereocenters. The maximum Gasteiger partial charge on any atom is 0.343 e. The van der Waals surface area contributed by atoms with Crippen LogP contribution < -0.4 is 15.5 Å². The number of esters is 2. The summed E-state index contributed by atoms with van der Waals surface area (Å²) in [6.07, 6.45) is 15.7. The van der Waals surface area contributed by atoms with E-state index in [4.69, 9.17) is 14.2 Å². The van der Waals surface area contributed by atoms with Crippen molar-refractivity contribution >= 4 is 23.8 Å². The van der Waals surface area contributed by atoms with Crippen LogP contribution in [0.5, 0.6) is 5.75 Å². The van der Waals surface area contributed by atoms with Gasteiger partial charge in [0.1, 0.15) is 29.6 Å². The first-order valence-electron chi connectivity index (χ1n) is 20.2. The number of halogens is 3. The number of rotatable bonds is 19. The van der Waals surface area contributed by atoms with Crippen molar-refractivity contribution in [3.63, 3.8) is 0 Å². The highest BCUT2D eigenvalue weighted by molar-refractivity contribution is 6.01. The highest BCUT2D eigenvalue weighted by atomic mass is 19.1. The summed E-state index contributed by atoms with van der Waals surface area (Å²) in [4.78, 5) is 68.7. The van der Waals surface area contributed by atoms with Gasteiger partial charge >= 0.3 is 11.9 Å². The number of nitrogens with one attached hydrogen (secondary N) is 1. The molecular formula is C43H50F3N3O8. The Balaban J connectivity index is 1.09. The van der Waals surface area contributed by atoms with Crippen LogP contribution in [0.4, 0.5) is 13.2 Å². The summed E-state index contributed by atoms with van der Waals surface area (Å²) in [6.45, 7) is 1.51. The smallest absolute Gasteiger partial charge is 0.343 e. The Hall–Kier alpha value is -4.98. The van der Waals surface area contributed by atoms with E-state index in [1.54, 1.807) is 17.0 Å². The number of pyridine rings is 1. The molecule has 3 aliphatic rings. The number of amides is 2. The molecule has 0 spiro atoms. The zero-order valence-electron chi connectivity index (χ0n) is 32.3. The van der Waals surface area contributed by atoms with Gasteiger partial charge in [0, 0.05) is 42.9 Å². The second kappa shape index (κ2) is 19.4. The van der Waals surface area contributed by atoms with Crippen LogP contribution in [0.1, 0.15) is 146 Å². The van der Waals surface area contributed by atoms with Crippen molar-refractivity contribution in [1.29, 1.82) is 0 Å². The molecule has 2 fully saturated rings. The van der Waals surface area contributed by atoms with Gasteiger partial charge in [0.15, 0.2) is 11.9 Å². The van der Waals surface area contributed by atoms with Crippen LogP contribution in [0.25, 0.3) is 0 Å². The average molecular weight is 794 g/mol. The third-order valence-electron chi connectivity index (χ3n) is 11.0.